The number of carboxylic acid groups (broad SMARTS) is 1. The van der Waals surface area contributed by atoms with Gasteiger partial charge in [0.05, 0.1) is 0 Å². The predicted octanol–water partition coefficient (Wildman–Crippen LogP) is 4.24. The zero-order valence-corrected chi connectivity index (χ0v) is 10.6. The molecule has 2 aromatic rings. The van der Waals surface area contributed by atoms with E-state index in [1.165, 1.54) is 16.9 Å². The van der Waals surface area contributed by atoms with E-state index in [-0.39, 0.29) is 0 Å². The van der Waals surface area contributed by atoms with Gasteiger partial charge in [-0.15, -0.1) is 11.3 Å². The van der Waals surface area contributed by atoms with Crippen molar-refractivity contribution in [1.29, 1.82) is 0 Å². The topological polar surface area (TPSA) is 37.3 Å². The lowest BCUT2D eigenvalue weighted by Gasteiger charge is -2.10. The van der Waals surface area contributed by atoms with Gasteiger partial charge in [-0.05, 0) is 29.2 Å². The molecule has 0 bridgehead atoms. The minimum Gasteiger partial charge on any atom is -0.477 e. The summed E-state index contributed by atoms with van der Waals surface area (Å²) in [7, 11) is 0. The summed E-state index contributed by atoms with van der Waals surface area (Å²) in [4.78, 5) is 12.3. The molecule has 17 heavy (non-hydrogen) atoms. The molecular weight excluding hydrogens is 232 g/mol. The van der Waals surface area contributed by atoms with Gasteiger partial charge in [-0.1, -0.05) is 38.1 Å². The zero-order valence-electron chi connectivity index (χ0n) is 9.81. The number of carbonyl (C=O) groups is 1. The van der Waals surface area contributed by atoms with E-state index in [9.17, 15) is 4.79 Å². The summed E-state index contributed by atoms with van der Waals surface area (Å²) in [6, 6.07) is 11.7. The molecule has 2 rings (SSSR count). The van der Waals surface area contributed by atoms with Crippen molar-refractivity contribution < 1.29 is 9.90 Å². The number of thiophene rings is 1. The highest BCUT2D eigenvalue weighted by Gasteiger charge is 2.12. The normalized spacial score (nSPS) is 10.8. The van der Waals surface area contributed by atoms with Gasteiger partial charge in [-0.2, -0.15) is 0 Å². The van der Waals surface area contributed by atoms with E-state index in [1.807, 2.05) is 24.3 Å². The quantitative estimate of drug-likeness (QED) is 0.879. The van der Waals surface area contributed by atoms with Crippen LogP contribution >= 0.6 is 11.3 Å². The Kier molecular flexibility index (Phi) is 3.29. The monoisotopic (exact) mass is 246 g/mol. The fraction of sp³-hybridized carbons (Fsp3) is 0.214. The first-order valence-corrected chi connectivity index (χ1v) is 6.33. The van der Waals surface area contributed by atoms with E-state index in [1.54, 1.807) is 6.07 Å². The molecule has 88 valence electrons. The van der Waals surface area contributed by atoms with Crippen LogP contribution in [0.4, 0.5) is 0 Å². The van der Waals surface area contributed by atoms with E-state index in [2.05, 4.69) is 19.9 Å². The maximum Gasteiger partial charge on any atom is 0.345 e. The lowest BCUT2D eigenvalue weighted by Crippen LogP contribution is -1.90. The first-order valence-electron chi connectivity index (χ1n) is 5.52. The molecule has 0 radical (unpaired) electrons. The lowest BCUT2D eigenvalue weighted by molar-refractivity contribution is 0.0702. The maximum atomic E-state index is 10.9. The smallest absolute Gasteiger partial charge is 0.345 e. The van der Waals surface area contributed by atoms with Gasteiger partial charge in [0.15, 0.2) is 0 Å². The molecule has 2 nitrogen and oxygen atoms in total. The van der Waals surface area contributed by atoms with Crippen molar-refractivity contribution >= 4 is 17.3 Å². The van der Waals surface area contributed by atoms with Gasteiger partial charge in [0, 0.05) is 4.88 Å². The first-order chi connectivity index (χ1) is 8.09. The largest absolute Gasteiger partial charge is 0.477 e. The molecule has 0 saturated carbocycles. The SMILES string of the molecule is CC(C)c1ccccc1-c1ccc(C(=O)O)s1. The summed E-state index contributed by atoms with van der Waals surface area (Å²) >= 11 is 1.33. The zero-order chi connectivity index (χ0) is 12.4. The molecule has 0 saturated heterocycles. The van der Waals surface area contributed by atoms with Crippen LogP contribution in [0.2, 0.25) is 0 Å². The molecule has 0 spiro atoms. The highest BCUT2D eigenvalue weighted by atomic mass is 32.1. The van der Waals surface area contributed by atoms with Crippen molar-refractivity contribution in [3.05, 3.63) is 46.8 Å². The average Bonchev–Trinajstić information content (AvgIpc) is 2.78. The van der Waals surface area contributed by atoms with Gasteiger partial charge in [-0.25, -0.2) is 4.79 Å². The summed E-state index contributed by atoms with van der Waals surface area (Å²) in [5.74, 6) is -0.426. The number of hydrogen-bond acceptors (Lipinski definition) is 2. The summed E-state index contributed by atoms with van der Waals surface area (Å²) in [5, 5.41) is 8.93. The van der Waals surface area contributed by atoms with Gasteiger partial charge < -0.3 is 5.11 Å². The molecule has 3 heteroatoms. The Hall–Kier alpha value is -1.61. The Balaban J connectivity index is 2.48. The van der Waals surface area contributed by atoms with Crippen molar-refractivity contribution in [1.82, 2.24) is 0 Å². The molecule has 1 aromatic heterocycles. The second-order valence-corrected chi connectivity index (χ2v) is 5.29. The molecule has 0 aliphatic carbocycles. The molecule has 0 atom stereocenters. The molecule has 1 aromatic carbocycles. The minimum atomic E-state index is -0.858. The Bertz CT molecular complexity index is 541. The predicted molar refractivity (Wildman–Crippen MR) is 70.8 cm³/mol. The second-order valence-electron chi connectivity index (χ2n) is 4.21. The van der Waals surface area contributed by atoms with Crippen molar-refractivity contribution in [3.8, 4) is 10.4 Å². The van der Waals surface area contributed by atoms with Crippen LogP contribution < -0.4 is 0 Å². The van der Waals surface area contributed by atoms with Gasteiger partial charge in [0.25, 0.3) is 0 Å². The van der Waals surface area contributed by atoms with Crippen molar-refractivity contribution in [3.63, 3.8) is 0 Å². The summed E-state index contributed by atoms with van der Waals surface area (Å²) < 4.78 is 0. The van der Waals surface area contributed by atoms with Crippen LogP contribution in [0.5, 0.6) is 0 Å². The van der Waals surface area contributed by atoms with Crippen LogP contribution in [-0.4, -0.2) is 11.1 Å². The van der Waals surface area contributed by atoms with Crippen LogP contribution in [0, 0.1) is 0 Å². The molecular formula is C14H14O2S. The fourth-order valence-corrected chi connectivity index (χ4v) is 2.71. The lowest BCUT2D eigenvalue weighted by atomic mass is 9.96. The standard InChI is InChI=1S/C14H14O2S/c1-9(2)10-5-3-4-6-11(10)12-7-8-13(17-12)14(15)16/h3-9H,1-2H3,(H,15,16). The van der Waals surface area contributed by atoms with Crippen molar-refractivity contribution in [2.24, 2.45) is 0 Å². The summed E-state index contributed by atoms with van der Waals surface area (Å²) in [6.45, 7) is 4.29. The highest BCUT2D eigenvalue weighted by Crippen LogP contribution is 2.33. The Morgan fingerprint density at radius 3 is 2.47 bits per heavy atom. The van der Waals surface area contributed by atoms with Crippen LogP contribution in [-0.2, 0) is 0 Å². The maximum absolute atomic E-state index is 10.9. The molecule has 1 heterocycles. The molecule has 1 N–H and O–H groups in total. The van der Waals surface area contributed by atoms with Crippen LogP contribution in [0.3, 0.4) is 0 Å². The molecule has 0 fully saturated rings. The van der Waals surface area contributed by atoms with Gasteiger partial charge in [0.2, 0.25) is 0 Å². The van der Waals surface area contributed by atoms with Gasteiger partial charge in [-0.3, -0.25) is 0 Å². The highest BCUT2D eigenvalue weighted by molar-refractivity contribution is 7.17. The van der Waals surface area contributed by atoms with Crippen molar-refractivity contribution in [2.75, 3.05) is 0 Å². The minimum absolute atomic E-state index is 0.388. The number of aromatic carboxylic acids is 1. The van der Waals surface area contributed by atoms with E-state index >= 15 is 0 Å². The summed E-state index contributed by atoms with van der Waals surface area (Å²) in [6.07, 6.45) is 0. The van der Waals surface area contributed by atoms with Crippen LogP contribution in [0.15, 0.2) is 36.4 Å². The molecule has 0 aliphatic heterocycles. The van der Waals surface area contributed by atoms with Crippen molar-refractivity contribution in [2.45, 2.75) is 19.8 Å². The number of carboxylic acids is 1. The van der Waals surface area contributed by atoms with Gasteiger partial charge >= 0.3 is 5.97 Å². The van der Waals surface area contributed by atoms with E-state index in [0.717, 1.165) is 10.4 Å². The third kappa shape index (κ3) is 2.39. The van der Waals surface area contributed by atoms with Gasteiger partial charge in [0.1, 0.15) is 4.88 Å². The Labute approximate surface area is 105 Å². The second kappa shape index (κ2) is 4.72. The first kappa shape index (κ1) is 11.9. The van der Waals surface area contributed by atoms with E-state index in [0.29, 0.717) is 10.8 Å². The number of hydrogen-bond donors (Lipinski definition) is 1. The average molecular weight is 246 g/mol. The number of benzene rings is 1. The molecule has 0 aliphatic rings. The Morgan fingerprint density at radius 1 is 1.18 bits per heavy atom. The molecule has 0 unspecified atom stereocenters. The van der Waals surface area contributed by atoms with Crippen LogP contribution in [0.25, 0.3) is 10.4 Å². The Morgan fingerprint density at radius 2 is 1.88 bits per heavy atom. The third-order valence-electron chi connectivity index (χ3n) is 2.67. The third-order valence-corrected chi connectivity index (χ3v) is 3.77. The summed E-state index contributed by atoms with van der Waals surface area (Å²) in [5.41, 5.74) is 2.39. The number of rotatable bonds is 3. The van der Waals surface area contributed by atoms with E-state index in [4.69, 9.17) is 5.11 Å². The molecule has 0 amide bonds. The fourth-order valence-electron chi connectivity index (χ4n) is 1.82. The van der Waals surface area contributed by atoms with Crippen LogP contribution in [0.1, 0.15) is 35.0 Å². The van der Waals surface area contributed by atoms with E-state index < -0.39 is 5.97 Å².